The first-order chi connectivity index (χ1) is 14.7. The summed E-state index contributed by atoms with van der Waals surface area (Å²) < 4.78 is 0. The van der Waals surface area contributed by atoms with Crippen LogP contribution in [0.2, 0.25) is 0 Å². The lowest BCUT2D eigenvalue weighted by molar-refractivity contribution is 0.0869. The minimum Gasteiger partial charge on any atom is -0.349 e. The average molecular weight is 416 g/mol. The quantitative estimate of drug-likeness (QED) is 0.457. The predicted octanol–water partition coefficient (Wildman–Crippen LogP) is 4.55. The van der Waals surface area contributed by atoms with Crippen molar-refractivity contribution in [2.75, 3.05) is 5.32 Å². The number of fused-ring (bicyclic) bond motifs is 1. The molecule has 0 unspecified atom stereocenters. The Balaban J connectivity index is 1.66. The molecule has 30 heavy (non-hydrogen) atoms. The average Bonchev–Trinajstić information content (AvgIpc) is 3.16. The number of aryl methyl sites for hydroxylation is 1. The smallest absolute Gasteiger partial charge is 0.253 e. The second-order valence-corrected chi connectivity index (χ2v) is 8.28. The van der Waals surface area contributed by atoms with Crippen molar-refractivity contribution in [2.24, 2.45) is 0 Å². The van der Waals surface area contributed by atoms with Crippen molar-refractivity contribution in [3.05, 3.63) is 87.8 Å². The van der Waals surface area contributed by atoms with E-state index in [1.165, 1.54) is 16.2 Å². The third-order valence-corrected chi connectivity index (χ3v) is 6.41. The molecule has 4 rings (SSSR count). The normalized spacial score (nSPS) is 13.6. The Hall–Kier alpha value is -3.43. The number of nitriles is 1. The Labute approximate surface area is 179 Å². The molecule has 2 aromatic carbocycles. The van der Waals surface area contributed by atoms with Crippen LogP contribution in [-0.4, -0.2) is 17.9 Å². The molecule has 0 aliphatic heterocycles. The van der Waals surface area contributed by atoms with Crippen LogP contribution in [-0.2, 0) is 12.8 Å². The summed E-state index contributed by atoms with van der Waals surface area (Å²) >= 11 is 1.51. The van der Waals surface area contributed by atoms with E-state index in [0.717, 1.165) is 31.2 Å². The molecular weight excluding hydrogens is 394 g/mol. The highest BCUT2D eigenvalue weighted by Gasteiger charge is 2.27. The summed E-state index contributed by atoms with van der Waals surface area (Å²) in [5, 5.41) is 16.4. The molecule has 1 amide bonds. The van der Waals surface area contributed by atoms with Gasteiger partial charge in [-0.25, -0.2) is 0 Å². The minimum atomic E-state index is -0.979. The molecule has 1 aliphatic carbocycles. The Morgan fingerprint density at radius 2 is 1.57 bits per heavy atom. The molecule has 1 atom stereocenters. The molecule has 150 valence electrons. The molecule has 3 aromatic rings. The molecule has 5 nitrogen and oxygen atoms in total. The summed E-state index contributed by atoms with van der Waals surface area (Å²) in [4.78, 5) is 27.2. The van der Waals surface area contributed by atoms with Crippen LogP contribution in [0.25, 0.3) is 0 Å². The number of carbonyl (C=O) groups is 2. The predicted molar refractivity (Wildman–Crippen MR) is 118 cm³/mol. The number of nitrogens with one attached hydrogen (secondary N) is 2. The Kier molecular flexibility index (Phi) is 5.92. The molecule has 0 saturated heterocycles. The molecule has 0 radical (unpaired) electrons. The van der Waals surface area contributed by atoms with Gasteiger partial charge in [0.2, 0.25) is 5.78 Å². The zero-order valence-corrected chi connectivity index (χ0v) is 17.2. The fourth-order valence-electron chi connectivity index (χ4n) is 3.66. The van der Waals surface area contributed by atoms with Crippen LogP contribution >= 0.6 is 11.3 Å². The summed E-state index contributed by atoms with van der Waals surface area (Å²) in [6, 6.07) is 19.9. The fourth-order valence-corrected chi connectivity index (χ4v) is 4.92. The molecule has 0 bridgehead atoms. The molecule has 1 aromatic heterocycles. The molecule has 0 fully saturated rings. The lowest BCUT2D eigenvalue weighted by atomic mass is 9.96. The maximum Gasteiger partial charge on any atom is 0.253 e. The second-order valence-electron chi connectivity index (χ2n) is 7.17. The van der Waals surface area contributed by atoms with Crippen LogP contribution in [0.15, 0.2) is 60.7 Å². The van der Waals surface area contributed by atoms with E-state index < -0.39 is 6.17 Å². The zero-order valence-electron chi connectivity index (χ0n) is 16.4. The van der Waals surface area contributed by atoms with Crippen molar-refractivity contribution < 1.29 is 9.59 Å². The number of benzene rings is 2. The van der Waals surface area contributed by atoms with Gasteiger partial charge in [-0.3, -0.25) is 9.59 Å². The number of nitrogens with zero attached hydrogens (tertiary/aromatic N) is 1. The van der Waals surface area contributed by atoms with Crippen LogP contribution in [0, 0.1) is 11.3 Å². The third kappa shape index (κ3) is 4.12. The zero-order chi connectivity index (χ0) is 20.9. The van der Waals surface area contributed by atoms with Crippen molar-refractivity contribution in [3.63, 3.8) is 0 Å². The van der Waals surface area contributed by atoms with E-state index in [0.29, 0.717) is 21.7 Å². The number of hydrogen-bond donors (Lipinski definition) is 2. The standard InChI is InChI=1S/C24H21N3O2S/c25-15-19-18-13-7-8-14-20(18)30-24(19)27-22(21(28)16-9-3-1-4-10-16)26-23(29)17-11-5-2-6-12-17/h1-6,9-12,22,27H,7-8,13-14H2,(H,26,29)/t22-/m0/s1. The summed E-state index contributed by atoms with van der Waals surface area (Å²) in [5.74, 6) is -0.604. The largest absolute Gasteiger partial charge is 0.349 e. The molecule has 1 heterocycles. The van der Waals surface area contributed by atoms with E-state index in [1.54, 1.807) is 48.5 Å². The van der Waals surface area contributed by atoms with E-state index in [1.807, 2.05) is 12.1 Å². The number of carbonyl (C=O) groups excluding carboxylic acids is 2. The minimum absolute atomic E-state index is 0.254. The van der Waals surface area contributed by atoms with Gasteiger partial charge in [0.05, 0.1) is 5.56 Å². The maximum atomic E-state index is 13.2. The number of Topliss-reactive ketones (excluding diaryl/α,β-unsaturated/α-hetero) is 1. The van der Waals surface area contributed by atoms with Gasteiger partial charge in [-0.1, -0.05) is 48.5 Å². The van der Waals surface area contributed by atoms with E-state index in [9.17, 15) is 14.9 Å². The lowest BCUT2D eigenvalue weighted by Gasteiger charge is -2.20. The van der Waals surface area contributed by atoms with Gasteiger partial charge in [0.25, 0.3) is 5.91 Å². The van der Waals surface area contributed by atoms with E-state index in [4.69, 9.17) is 0 Å². The van der Waals surface area contributed by atoms with Crippen molar-refractivity contribution in [2.45, 2.75) is 31.8 Å². The van der Waals surface area contributed by atoms with Gasteiger partial charge in [0.15, 0.2) is 6.17 Å². The lowest BCUT2D eigenvalue weighted by Crippen LogP contribution is -2.46. The van der Waals surface area contributed by atoms with Crippen LogP contribution in [0.4, 0.5) is 5.00 Å². The number of anilines is 1. The monoisotopic (exact) mass is 415 g/mol. The first kappa shape index (κ1) is 19.9. The van der Waals surface area contributed by atoms with Crippen molar-refractivity contribution >= 4 is 28.0 Å². The van der Waals surface area contributed by atoms with Crippen molar-refractivity contribution in [1.29, 1.82) is 5.26 Å². The van der Waals surface area contributed by atoms with Gasteiger partial charge < -0.3 is 10.6 Å². The van der Waals surface area contributed by atoms with Crippen LogP contribution in [0.1, 0.15) is 49.6 Å². The first-order valence-corrected chi connectivity index (χ1v) is 10.8. The number of rotatable bonds is 6. The van der Waals surface area contributed by atoms with Crippen LogP contribution in [0.3, 0.4) is 0 Å². The Morgan fingerprint density at radius 1 is 0.933 bits per heavy atom. The highest BCUT2D eigenvalue weighted by Crippen LogP contribution is 2.38. The highest BCUT2D eigenvalue weighted by atomic mass is 32.1. The molecule has 0 saturated carbocycles. The van der Waals surface area contributed by atoms with Gasteiger partial charge in [-0.05, 0) is 43.4 Å². The topological polar surface area (TPSA) is 82.0 Å². The van der Waals surface area contributed by atoms with E-state index in [-0.39, 0.29) is 11.7 Å². The highest BCUT2D eigenvalue weighted by molar-refractivity contribution is 7.16. The van der Waals surface area contributed by atoms with Gasteiger partial charge in [0, 0.05) is 16.0 Å². The third-order valence-electron chi connectivity index (χ3n) is 5.19. The number of hydrogen-bond acceptors (Lipinski definition) is 5. The fraction of sp³-hybridized carbons (Fsp3) is 0.208. The van der Waals surface area contributed by atoms with E-state index in [2.05, 4.69) is 16.7 Å². The maximum absolute atomic E-state index is 13.2. The van der Waals surface area contributed by atoms with Crippen LogP contribution in [0.5, 0.6) is 0 Å². The van der Waals surface area contributed by atoms with Crippen molar-refractivity contribution in [3.8, 4) is 6.07 Å². The van der Waals surface area contributed by atoms with Gasteiger partial charge >= 0.3 is 0 Å². The summed E-state index contributed by atoms with van der Waals surface area (Å²) in [6.45, 7) is 0. The van der Waals surface area contributed by atoms with Crippen molar-refractivity contribution in [1.82, 2.24) is 5.32 Å². The van der Waals surface area contributed by atoms with E-state index >= 15 is 0 Å². The molecule has 6 heteroatoms. The molecule has 0 spiro atoms. The van der Waals surface area contributed by atoms with Gasteiger partial charge in [0.1, 0.15) is 11.1 Å². The molecule has 2 N–H and O–H groups in total. The Bertz CT molecular complexity index is 1100. The van der Waals surface area contributed by atoms with Gasteiger partial charge in [-0.2, -0.15) is 5.26 Å². The summed E-state index contributed by atoms with van der Waals surface area (Å²) in [5.41, 5.74) is 2.63. The SMILES string of the molecule is N#Cc1c(N[C@H](NC(=O)c2ccccc2)C(=O)c2ccccc2)sc2c1CCCC2. The summed E-state index contributed by atoms with van der Waals surface area (Å²) in [6.07, 6.45) is 3.02. The van der Waals surface area contributed by atoms with Gasteiger partial charge in [-0.15, -0.1) is 11.3 Å². The molecule has 1 aliphatic rings. The van der Waals surface area contributed by atoms with Crippen LogP contribution < -0.4 is 10.6 Å². The Morgan fingerprint density at radius 3 is 2.23 bits per heavy atom. The molecular formula is C24H21N3O2S. The summed E-state index contributed by atoms with van der Waals surface area (Å²) in [7, 11) is 0. The first-order valence-electron chi connectivity index (χ1n) is 9.93. The second kappa shape index (κ2) is 8.93. The number of ketones is 1. The number of amides is 1. The number of thiophene rings is 1.